The van der Waals surface area contributed by atoms with Gasteiger partial charge in [-0.3, -0.25) is 4.79 Å². The number of anilines is 1. The maximum atomic E-state index is 12.5. The van der Waals surface area contributed by atoms with Crippen LogP contribution in [0.25, 0.3) is 22.0 Å². The van der Waals surface area contributed by atoms with Crippen molar-refractivity contribution in [1.29, 1.82) is 0 Å². The molecule has 6 rings (SSSR count). The van der Waals surface area contributed by atoms with Gasteiger partial charge in [-0.15, -0.1) is 11.3 Å². The van der Waals surface area contributed by atoms with Crippen molar-refractivity contribution in [3.8, 4) is 22.0 Å². The third-order valence-corrected chi connectivity index (χ3v) is 7.51. The number of nitrogens with one attached hydrogen (secondary N) is 1. The Morgan fingerprint density at radius 2 is 1.83 bits per heavy atom. The lowest BCUT2D eigenvalue weighted by atomic mass is 9.91. The van der Waals surface area contributed by atoms with E-state index < -0.39 is 5.60 Å². The third-order valence-electron chi connectivity index (χ3n) is 6.61. The largest absolute Gasteiger partial charge is 0.375 e. The number of aromatic nitrogens is 5. The van der Waals surface area contributed by atoms with Crippen LogP contribution in [-0.2, 0) is 15.9 Å². The van der Waals surface area contributed by atoms with E-state index in [-0.39, 0.29) is 11.4 Å². The number of aliphatic hydroxyl groups is 1. The summed E-state index contributed by atoms with van der Waals surface area (Å²) >= 11 is 1.49. The molecule has 1 aliphatic carbocycles. The number of nitrogens with zero attached hydrogens (tertiary/aromatic N) is 6. The summed E-state index contributed by atoms with van der Waals surface area (Å²) in [4.78, 5) is 36.7. The van der Waals surface area contributed by atoms with Crippen LogP contribution in [0.4, 0.5) is 5.95 Å². The molecule has 3 aromatic heterocycles. The lowest BCUT2D eigenvalue weighted by molar-refractivity contribution is -0.143. The zero-order valence-electron chi connectivity index (χ0n) is 19.0. The Labute approximate surface area is 206 Å². The predicted molar refractivity (Wildman–Crippen MR) is 131 cm³/mol. The molecule has 0 spiro atoms. The summed E-state index contributed by atoms with van der Waals surface area (Å²) in [6.07, 6.45) is 7.42. The average Bonchev–Trinajstić information content (AvgIpc) is 3.41. The van der Waals surface area contributed by atoms with Gasteiger partial charge in [0.1, 0.15) is 16.2 Å². The van der Waals surface area contributed by atoms with E-state index in [1.165, 1.54) is 11.3 Å². The number of hydrogen-bond acceptors (Lipinski definition) is 9. The zero-order valence-corrected chi connectivity index (χ0v) is 19.9. The van der Waals surface area contributed by atoms with E-state index >= 15 is 0 Å². The smallest absolute Gasteiger partial charge is 0.258 e. The van der Waals surface area contributed by atoms with Crippen LogP contribution in [-0.4, -0.2) is 54.4 Å². The molecular weight excluding hydrogens is 462 g/mol. The number of likely N-dealkylation sites (N-methyl/N-ethyl adjacent to an activating group) is 1. The van der Waals surface area contributed by atoms with Gasteiger partial charge in [-0.1, -0.05) is 18.2 Å². The molecule has 4 aromatic rings. The van der Waals surface area contributed by atoms with Gasteiger partial charge in [0.25, 0.3) is 5.91 Å². The molecule has 1 saturated heterocycles. The minimum Gasteiger partial charge on any atom is -0.375 e. The van der Waals surface area contributed by atoms with E-state index in [9.17, 15) is 9.90 Å². The predicted octanol–water partition coefficient (Wildman–Crippen LogP) is 3.21. The van der Waals surface area contributed by atoms with E-state index in [4.69, 9.17) is 4.98 Å². The molecule has 176 valence electrons. The maximum absolute atomic E-state index is 12.5. The molecule has 10 heteroatoms. The average molecular weight is 486 g/mol. The summed E-state index contributed by atoms with van der Waals surface area (Å²) in [6.45, 7) is 0.530. The molecular formula is C25H23N7O2S. The van der Waals surface area contributed by atoms with Gasteiger partial charge in [0.2, 0.25) is 5.95 Å². The highest BCUT2D eigenvalue weighted by Crippen LogP contribution is 2.46. The molecule has 1 aromatic carbocycles. The SMILES string of the molecule is CN1CCC(O)(c2cccc(-c3nc(-c4ccnc(NC5(c6ncccn6)CC5)n4)cs3)c2)C1=O. The summed E-state index contributed by atoms with van der Waals surface area (Å²) < 4.78 is 0. The second-order valence-corrected chi connectivity index (χ2v) is 9.86. The molecule has 1 amide bonds. The highest BCUT2D eigenvalue weighted by Gasteiger charge is 2.48. The van der Waals surface area contributed by atoms with Gasteiger partial charge in [-0.05, 0) is 36.6 Å². The van der Waals surface area contributed by atoms with Crippen LogP contribution >= 0.6 is 11.3 Å². The number of benzene rings is 1. The molecule has 2 fully saturated rings. The number of carbonyl (C=O) groups is 1. The Kier molecular flexibility index (Phi) is 5.08. The van der Waals surface area contributed by atoms with Crippen molar-refractivity contribution in [2.75, 3.05) is 18.9 Å². The first kappa shape index (κ1) is 21.8. The summed E-state index contributed by atoms with van der Waals surface area (Å²) in [5, 5.41) is 17.2. The van der Waals surface area contributed by atoms with Crippen molar-refractivity contribution in [2.45, 2.75) is 30.4 Å². The number of amides is 1. The molecule has 0 radical (unpaired) electrons. The van der Waals surface area contributed by atoms with Gasteiger partial charge in [0.05, 0.1) is 5.69 Å². The quantitative estimate of drug-likeness (QED) is 0.428. The number of rotatable bonds is 6. The van der Waals surface area contributed by atoms with Crippen LogP contribution in [0.15, 0.2) is 60.4 Å². The molecule has 1 saturated carbocycles. The van der Waals surface area contributed by atoms with Crippen molar-refractivity contribution in [3.63, 3.8) is 0 Å². The Morgan fingerprint density at radius 1 is 1.00 bits per heavy atom. The van der Waals surface area contributed by atoms with Crippen LogP contribution in [0.2, 0.25) is 0 Å². The van der Waals surface area contributed by atoms with E-state index in [0.29, 0.717) is 30.2 Å². The normalized spacial score (nSPS) is 20.7. The van der Waals surface area contributed by atoms with Crippen LogP contribution in [0.1, 0.15) is 30.7 Å². The Bertz CT molecular complexity index is 1410. The van der Waals surface area contributed by atoms with Crippen LogP contribution in [0, 0.1) is 0 Å². The topological polar surface area (TPSA) is 117 Å². The van der Waals surface area contributed by atoms with Gasteiger partial charge in [0, 0.05) is 49.5 Å². The second-order valence-electron chi connectivity index (χ2n) is 9.00. The van der Waals surface area contributed by atoms with Gasteiger partial charge in [-0.25, -0.2) is 24.9 Å². The van der Waals surface area contributed by atoms with Gasteiger partial charge >= 0.3 is 0 Å². The van der Waals surface area contributed by atoms with E-state index in [2.05, 4.69) is 25.3 Å². The summed E-state index contributed by atoms with van der Waals surface area (Å²) in [6, 6.07) is 11.1. The molecule has 2 N–H and O–H groups in total. The first-order valence-electron chi connectivity index (χ1n) is 11.4. The Hall–Kier alpha value is -3.76. The Balaban J connectivity index is 1.25. The van der Waals surface area contributed by atoms with Crippen LogP contribution in [0.5, 0.6) is 0 Å². The fourth-order valence-electron chi connectivity index (χ4n) is 4.41. The van der Waals surface area contributed by atoms with Gasteiger partial charge in [0.15, 0.2) is 11.4 Å². The second kappa shape index (κ2) is 8.17. The monoisotopic (exact) mass is 485 g/mol. The third kappa shape index (κ3) is 3.84. The molecule has 1 atom stereocenters. The minimum atomic E-state index is -1.49. The fourth-order valence-corrected chi connectivity index (χ4v) is 5.22. The zero-order chi connectivity index (χ0) is 24.0. The first-order valence-corrected chi connectivity index (χ1v) is 12.3. The molecule has 2 aliphatic rings. The van der Waals surface area contributed by atoms with Crippen molar-refractivity contribution < 1.29 is 9.90 Å². The number of hydrogen-bond donors (Lipinski definition) is 2. The highest BCUT2D eigenvalue weighted by atomic mass is 32.1. The van der Waals surface area contributed by atoms with Crippen molar-refractivity contribution in [1.82, 2.24) is 29.8 Å². The van der Waals surface area contributed by atoms with Gasteiger partial charge in [-0.2, -0.15) is 0 Å². The van der Waals surface area contributed by atoms with Crippen LogP contribution < -0.4 is 5.32 Å². The minimum absolute atomic E-state index is 0.273. The summed E-state index contributed by atoms with van der Waals surface area (Å²) in [5.41, 5.74) is 1.07. The molecule has 9 nitrogen and oxygen atoms in total. The lowest BCUT2D eigenvalue weighted by Gasteiger charge is -2.21. The highest BCUT2D eigenvalue weighted by molar-refractivity contribution is 7.13. The van der Waals surface area contributed by atoms with Gasteiger partial charge < -0.3 is 15.3 Å². The molecule has 1 unspecified atom stereocenters. The standard InChI is InChI=1S/C25H23N7O2S/c1-32-13-9-25(34,22(32)33)17-5-2-4-16(14-17)20-29-19(15-35-20)18-6-12-28-23(30-18)31-24(7-8-24)21-26-10-3-11-27-21/h2-6,10-12,14-15,34H,7-9,13H2,1H3,(H,28,30,31). The number of likely N-dealkylation sites (tertiary alicyclic amines) is 1. The fraction of sp³-hybridized carbons (Fsp3) is 0.280. The number of thiazole rings is 1. The molecule has 35 heavy (non-hydrogen) atoms. The first-order chi connectivity index (χ1) is 17.0. The molecule has 4 heterocycles. The van der Waals surface area contributed by atoms with Crippen molar-refractivity contribution in [3.05, 3.63) is 71.8 Å². The van der Waals surface area contributed by atoms with Crippen molar-refractivity contribution >= 4 is 23.2 Å². The van der Waals surface area contributed by atoms with Crippen LogP contribution in [0.3, 0.4) is 0 Å². The maximum Gasteiger partial charge on any atom is 0.258 e. The Morgan fingerprint density at radius 3 is 2.57 bits per heavy atom. The number of carbonyl (C=O) groups excluding carboxylic acids is 1. The van der Waals surface area contributed by atoms with E-state index in [1.54, 1.807) is 42.7 Å². The summed E-state index contributed by atoms with van der Waals surface area (Å²) in [5.74, 6) is 0.985. The van der Waals surface area contributed by atoms with E-state index in [1.807, 2.05) is 29.6 Å². The molecule has 1 aliphatic heterocycles. The summed E-state index contributed by atoms with van der Waals surface area (Å²) in [7, 11) is 1.71. The van der Waals surface area contributed by atoms with Crippen molar-refractivity contribution in [2.24, 2.45) is 0 Å². The van der Waals surface area contributed by atoms with E-state index in [0.717, 1.165) is 34.9 Å². The molecule has 0 bridgehead atoms. The lowest BCUT2D eigenvalue weighted by Crippen LogP contribution is -2.36.